The second-order valence-electron chi connectivity index (χ2n) is 6.75. The van der Waals surface area contributed by atoms with Crippen LogP contribution in [-0.4, -0.2) is 24.1 Å². The van der Waals surface area contributed by atoms with E-state index in [4.69, 9.17) is 28.2 Å². The van der Waals surface area contributed by atoms with Crippen LogP contribution in [0.2, 0.25) is 5.02 Å². The smallest absolute Gasteiger partial charge is 0.293 e. The number of carbonyl (C=O) groups excluding carboxylic acids is 1. The van der Waals surface area contributed by atoms with Crippen molar-refractivity contribution in [3.63, 3.8) is 0 Å². The molecule has 0 bridgehead atoms. The molecular formula is C23H24ClN3O2S. The molecule has 0 aliphatic heterocycles. The Bertz CT molecular complexity index is 1060. The van der Waals surface area contributed by atoms with Crippen molar-refractivity contribution in [1.29, 1.82) is 0 Å². The zero-order valence-corrected chi connectivity index (χ0v) is 18.7. The van der Waals surface area contributed by atoms with Gasteiger partial charge in [-0.25, -0.2) is 0 Å². The molecule has 0 saturated heterocycles. The first-order valence-corrected chi connectivity index (χ1v) is 10.5. The third-order valence-corrected chi connectivity index (χ3v) is 5.19. The van der Waals surface area contributed by atoms with Gasteiger partial charge in [-0.05, 0) is 81.0 Å². The highest BCUT2D eigenvalue weighted by Crippen LogP contribution is 2.25. The maximum atomic E-state index is 12.5. The third kappa shape index (κ3) is 5.20. The largest absolute Gasteiger partial charge is 0.451 e. The topological polar surface area (TPSA) is 57.5 Å². The highest BCUT2D eigenvalue weighted by atomic mass is 35.5. The molecule has 0 aliphatic carbocycles. The number of aryl methyl sites for hydroxylation is 1. The van der Waals surface area contributed by atoms with E-state index in [-0.39, 0.29) is 10.9 Å². The van der Waals surface area contributed by atoms with Crippen LogP contribution in [-0.2, 0) is 0 Å². The Morgan fingerprint density at radius 3 is 2.53 bits per heavy atom. The van der Waals surface area contributed by atoms with Crippen molar-refractivity contribution in [1.82, 2.24) is 5.32 Å². The van der Waals surface area contributed by atoms with E-state index in [2.05, 4.69) is 35.4 Å². The number of hydrogen-bond acceptors (Lipinski definition) is 4. The second-order valence-corrected chi connectivity index (χ2v) is 7.60. The van der Waals surface area contributed by atoms with Crippen molar-refractivity contribution in [2.75, 3.05) is 23.3 Å². The van der Waals surface area contributed by atoms with Gasteiger partial charge in [0.2, 0.25) is 0 Å². The summed E-state index contributed by atoms with van der Waals surface area (Å²) in [5.74, 6) is 0.310. The van der Waals surface area contributed by atoms with Crippen LogP contribution in [0.25, 0.3) is 11.3 Å². The zero-order chi connectivity index (χ0) is 21.7. The van der Waals surface area contributed by atoms with Crippen LogP contribution in [0.15, 0.2) is 59.0 Å². The van der Waals surface area contributed by atoms with E-state index in [9.17, 15) is 4.79 Å². The summed E-state index contributed by atoms with van der Waals surface area (Å²) in [6.07, 6.45) is 0. The first-order chi connectivity index (χ1) is 14.4. The molecule has 7 heteroatoms. The Balaban J connectivity index is 1.65. The minimum atomic E-state index is -0.418. The number of rotatable bonds is 6. The highest BCUT2D eigenvalue weighted by Gasteiger charge is 2.14. The minimum Gasteiger partial charge on any atom is -0.451 e. The van der Waals surface area contributed by atoms with Crippen molar-refractivity contribution >= 4 is 46.2 Å². The van der Waals surface area contributed by atoms with Crippen LogP contribution >= 0.6 is 23.8 Å². The van der Waals surface area contributed by atoms with Gasteiger partial charge in [0.1, 0.15) is 5.76 Å². The van der Waals surface area contributed by atoms with Gasteiger partial charge in [0.15, 0.2) is 10.9 Å². The summed E-state index contributed by atoms with van der Waals surface area (Å²) >= 11 is 11.3. The summed E-state index contributed by atoms with van der Waals surface area (Å²) in [4.78, 5) is 14.8. The molecule has 5 nitrogen and oxygen atoms in total. The van der Waals surface area contributed by atoms with Crippen LogP contribution in [0, 0.1) is 6.92 Å². The Hall–Kier alpha value is -2.83. The van der Waals surface area contributed by atoms with E-state index in [1.54, 1.807) is 24.3 Å². The number of anilines is 2. The van der Waals surface area contributed by atoms with Crippen molar-refractivity contribution in [3.8, 4) is 11.3 Å². The van der Waals surface area contributed by atoms with Gasteiger partial charge < -0.3 is 14.6 Å². The SMILES string of the molecule is CCN(CC)c1ccc(NC(=S)NC(=O)c2ccc(-c3cccc(Cl)c3)o2)c(C)c1. The first kappa shape index (κ1) is 21.9. The quantitative estimate of drug-likeness (QED) is 0.467. The molecule has 0 spiro atoms. The Morgan fingerprint density at radius 1 is 1.10 bits per heavy atom. The number of benzene rings is 2. The zero-order valence-electron chi connectivity index (χ0n) is 17.2. The minimum absolute atomic E-state index is 0.169. The summed E-state index contributed by atoms with van der Waals surface area (Å²) in [5.41, 5.74) is 3.83. The number of nitrogens with one attached hydrogen (secondary N) is 2. The summed E-state index contributed by atoms with van der Waals surface area (Å²) < 4.78 is 5.66. The predicted molar refractivity (Wildman–Crippen MR) is 128 cm³/mol. The summed E-state index contributed by atoms with van der Waals surface area (Å²) in [6, 6.07) is 16.7. The highest BCUT2D eigenvalue weighted by molar-refractivity contribution is 7.80. The molecule has 0 radical (unpaired) electrons. The summed E-state index contributed by atoms with van der Waals surface area (Å²) in [6.45, 7) is 8.14. The van der Waals surface area contributed by atoms with Crippen LogP contribution < -0.4 is 15.5 Å². The van der Waals surface area contributed by atoms with Crippen LogP contribution in [0.3, 0.4) is 0 Å². The van der Waals surface area contributed by atoms with E-state index in [1.165, 1.54) is 0 Å². The van der Waals surface area contributed by atoms with E-state index < -0.39 is 5.91 Å². The molecule has 30 heavy (non-hydrogen) atoms. The average molecular weight is 442 g/mol. The van der Waals surface area contributed by atoms with Gasteiger partial charge in [-0.1, -0.05) is 23.7 Å². The summed E-state index contributed by atoms with van der Waals surface area (Å²) in [5, 5.41) is 6.55. The molecule has 1 heterocycles. The maximum absolute atomic E-state index is 12.5. The standard InChI is InChI=1S/C23H24ClN3O2S/c1-4-27(5-2)18-9-10-19(15(3)13-18)25-23(30)26-22(28)21-12-11-20(29-21)16-7-6-8-17(24)14-16/h6-14H,4-5H2,1-3H3,(H2,25,26,28,30). The van der Waals surface area contributed by atoms with Gasteiger partial charge in [-0.15, -0.1) is 0 Å². The molecule has 0 fully saturated rings. The Kier molecular flexibility index (Phi) is 7.13. The molecule has 1 aromatic heterocycles. The second kappa shape index (κ2) is 9.78. The van der Waals surface area contributed by atoms with Crippen molar-refractivity contribution in [3.05, 3.63) is 70.9 Å². The van der Waals surface area contributed by atoms with Crippen LogP contribution in [0.5, 0.6) is 0 Å². The lowest BCUT2D eigenvalue weighted by molar-refractivity contribution is 0.0951. The van der Waals surface area contributed by atoms with Gasteiger partial charge >= 0.3 is 0 Å². The Morgan fingerprint density at radius 2 is 1.87 bits per heavy atom. The lowest BCUT2D eigenvalue weighted by Gasteiger charge is -2.22. The maximum Gasteiger partial charge on any atom is 0.293 e. The molecule has 0 atom stereocenters. The fourth-order valence-corrected chi connectivity index (χ4v) is 3.54. The van der Waals surface area contributed by atoms with Gasteiger partial charge in [0, 0.05) is 35.1 Å². The average Bonchev–Trinajstić information content (AvgIpc) is 3.21. The van der Waals surface area contributed by atoms with Gasteiger partial charge in [-0.3, -0.25) is 10.1 Å². The lowest BCUT2D eigenvalue weighted by Crippen LogP contribution is -2.34. The van der Waals surface area contributed by atoms with E-state index >= 15 is 0 Å². The Labute approximate surface area is 187 Å². The van der Waals surface area contributed by atoms with Crippen LogP contribution in [0.4, 0.5) is 11.4 Å². The molecule has 2 N–H and O–H groups in total. The predicted octanol–water partition coefficient (Wildman–Crippen LogP) is 5.88. The van der Waals surface area contributed by atoms with Crippen molar-refractivity contribution < 1.29 is 9.21 Å². The van der Waals surface area contributed by atoms with E-state index in [1.807, 2.05) is 31.2 Å². The molecule has 0 unspecified atom stereocenters. The molecule has 3 aromatic rings. The number of halogens is 1. The molecule has 2 aromatic carbocycles. The summed E-state index contributed by atoms with van der Waals surface area (Å²) in [7, 11) is 0. The van der Waals surface area contributed by atoms with Crippen LogP contribution in [0.1, 0.15) is 30.0 Å². The van der Waals surface area contributed by atoms with Crippen molar-refractivity contribution in [2.45, 2.75) is 20.8 Å². The van der Waals surface area contributed by atoms with Gasteiger partial charge in [-0.2, -0.15) is 0 Å². The molecular weight excluding hydrogens is 418 g/mol. The fourth-order valence-electron chi connectivity index (χ4n) is 3.15. The number of furan rings is 1. The van der Waals surface area contributed by atoms with E-state index in [0.29, 0.717) is 10.8 Å². The molecule has 0 aliphatic rings. The first-order valence-electron chi connectivity index (χ1n) is 9.75. The molecule has 156 valence electrons. The number of nitrogens with zero attached hydrogens (tertiary/aromatic N) is 1. The lowest BCUT2D eigenvalue weighted by atomic mass is 10.1. The third-order valence-electron chi connectivity index (χ3n) is 4.75. The van der Waals surface area contributed by atoms with Crippen molar-refractivity contribution in [2.24, 2.45) is 0 Å². The van der Waals surface area contributed by atoms with Gasteiger partial charge in [0.05, 0.1) is 0 Å². The number of amides is 1. The molecule has 3 rings (SSSR count). The normalized spacial score (nSPS) is 10.5. The molecule has 0 saturated carbocycles. The number of carbonyl (C=O) groups is 1. The number of thiocarbonyl (C=S) groups is 1. The van der Waals surface area contributed by atoms with Gasteiger partial charge in [0.25, 0.3) is 5.91 Å². The monoisotopic (exact) mass is 441 g/mol. The molecule has 1 amide bonds. The van der Waals surface area contributed by atoms with E-state index in [0.717, 1.165) is 35.6 Å². The number of hydrogen-bond donors (Lipinski definition) is 2. The fraction of sp³-hybridized carbons (Fsp3) is 0.217.